The van der Waals surface area contributed by atoms with E-state index in [1.54, 1.807) is 0 Å². The van der Waals surface area contributed by atoms with Gasteiger partial charge in [-0.05, 0) is 18.2 Å². The van der Waals surface area contributed by atoms with Gasteiger partial charge in [-0.15, -0.1) is 0 Å². The lowest BCUT2D eigenvalue weighted by Gasteiger charge is -2.12. The molecule has 0 aliphatic heterocycles. The smallest absolute Gasteiger partial charge is 0.313 e. The minimum atomic E-state index is -4.65. The van der Waals surface area contributed by atoms with E-state index in [1.807, 2.05) is 5.32 Å². The summed E-state index contributed by atoms with van der Waals surface area (Å²) in [7, 11) is 0. The molecule has 0 aliphatic rings. The van der Waals surface area contributed by atoms with Crippen molar-refractivity contribution < 1.29 is 18.0 Å². The van der Waals surface area contributed by atoms with E-state index in [4.69, 9.17) is 16.9 Å². The van der Waals surface area contributed by atoms with E-state index < -0.39 is 23.3 Å². The number of hydrogen-bond acceptors (Lipinski definition) is 2. The van der Waals surface area contributed by atoms with Crippen molar-refractivity contribution in [2.45, 2.75) is 6.18 Å². The lowest BCUT2D eigenvalue weighted by Crippen LogP contribution is -2.14. The van der Waals surface area contributed by atoms with Gasteiger partial charge in [0.1, 0.15) is 0 Å². The Balaban J connectivity index is 3.19. The number of carbonyl (C=O) groups excluding carboxylic acids is 1. The monoisotopic (exact) mass is 248 g/mol. The predicted molar refractivity (Wildman–Crippen MR) is 50.7 cm³/mol. The minimum Gasteiger partial charge on any atom is -0.313 e. The zero-order chi connectivity index (χ0) is 12.3. The largest absolute Gasteiger partial charge is 0.418 e. The van der Waals surface area contributed by atoms with Crippen LogP contribution in [-0.4, -0.2) is 5.91 Å². The van der Waals surface area contributed by atoms with E-state index >= 15 is 0 Å². The third kappa shape index (κ3) is 2.87. The number of halogens is 4. The molecule has 1 rings (SSSR count). The van der Waals surface area contributed by atoms with E-state index in [0.717, 1.165) is 12.1 Å². The molecule has 0 unspecified atom stereocenters. The van der Waals surface area contributed by atoms with Crippen molar-refractivity contribution in [1.82, 2.24) is 0 Å². The van der Waals surface area contributed by atoms with E-state index in [1.165, 1.54) is 6.07 Å². The molecule has 1 amide bonds. The minimum absolute atomic E-state index is 0.109. The number of hydrogen-bond donors (Lipinski definition) is 1. The number of benzene rings is 1. The maximum absolute atomic E-state index is 12.5. The number of anilines is 1. The van der Waals surface area contributed by atoms with Gasteiger partial charge in [-0.25, -0.2) is 0 Å². The topological polar surface area (TPSA) is 52.9 Å². The van der Waals surface area contributed by atoms with Crippen LogP contribution >= 0.6 is 11.6 Å². The maximum atomic E-state index is 12.5. The Hall–Kier alpha value is -1.74. The summed E-state index contributed by atoms with van der Waals surface area (Å²) in [6, 6.07) is 4.00. The lowest BCUT2D eigenvalue weighted by molar-refractivity contribution is -0.136. The molecule has 3 nitrogen and oxygen atoms in total. The summed E-state index contributed by atoms with van der Waals surface area (Å²) < 4.78 is 37.5. The highest BCUT2D eigenvalue weighted by molar-refractivity contribution is 6.30. The molecule has 0 heterocycles. The molecule has 16 heavy (non-hydrogen) atoms. The van der Waals surface area contributed by atoms with E-state index in [0.29, 0.717) is 6.07 Å². The third-order valence-electron chi connectivity index (χ3n) is 1.64. The van der Waals surface area contributed by atoms with Crippen LogP contribution in [0.3, 0.4) is 0 Å². The number of carbonyl (C=O) groups is 1. The van der Waals surface area contributed by atoms with Crippen molar-refractivity contribution >= 4 is 23.2 Å². The molecule has 0 radical (unpaired) electrons. The van der Waals surface area contributed by atoms with Crippen LogP contribution in [0.2, 0.25) is 5.02 Å². The van der Waals surface area contributed by atoms with Gasteiger partial charge >= 0.3 is 12.1 Å². The van der Waals surface area contributed by atoms with Crippen LogP contribution in [0.15, 0.2) is 18.2 Å². The van der Waals surface area contributed by atoms with Gasteiger partial charge in [-0.3, -0.25) is 4.79 Å². The number of amides is 1. The first-order chi connectivity index (χ1) is 7.34. The molecule has 7 heteroatoms. The Morgan fingerprint density at radius 3 is 2.56 bits per heavy atom. The van der Waals surface area contributed by atoms with Crippen LogP contribution in [0.4, 0.5) is 18.9 Å². The average molecular weight is 249 g/mol. The zero-order valence-corrected chi connectivity index (χ0v) is 8.36. The number of rotatable bonds is 1. The van der Waals surface area contributed by atoms with Gasteiger partial charge in [0, 0.05) is 5.02 Å². The van der Waals surface area contributed by atoms with Crippen LogP contribution in [0.1, 0.15) is 5.56 Å². The first-order valence-electron chi connectivity index (χ1n) is 3.92. The highest BCUT2D eigenvalue weighted by atomic mass is 35.5. The fourth-order valence-electron chi connectivity index (χ4n) is 1.01. The Bertz CT molecular complexity index is 465. The molecule has 0 atom stereocenters. The van der Waals surface area contributed by atoms with Gasteiger partial charge in [0.05, 0.1) is 11.3 Å². The summed E-state index contributed by atoms with van der Waals surface area (Å²) in [6.07, 6.45) is -4.65. The summed E-state index contributed by atoms with van der Waals surface area (Å²) >= 11 is 5.42. The van der Waals surface area contributed by atoms with Crippen LogP contribution in [-0.2, 0) is 11.0 Å². The van der Waals surface area contributed by atoms with Crippen molar-refractivity contribution in [1.29, 1.82) is 5.26 Å². The third-order valence-corrected chi connectivity index (χ3v) is 1.87. The fraction of sp³-hybridized carbons (Fsp3) is 0.111. The second-order valence-corrected chi connectivity index (χ2v) is 3.19. The molecule has 1 N–H and O–H groups in total. The molecular weight excluding hydrogens is 245 g/mol. The number of nitrogens with one attached hydrogen (secondary N) is 1. The molecule has 0 fully saturated rings. The summed E-state index contributed by atoms with van der Waals surface area (Å²) in [5.41, 5.74) is -1.59. The van der Waals surface area contributed by atoms with Crippen LogP contribution in [0, 0.1) is 11.3 Å². The Kier molecular flexibility index (Phi) is 3.40. The summed E-state index contributed by atoms with van der Waals surface area (Å²) in [6.45, 7) is 0. The molecule has 84 valence electrons. The predicted octanol–water partition coefficient (Wildman–Crippen LogP) is 2.82. The zero-order valence-electron chi connectivity index (χ0n) is 7.60. The molecule has 1 aromatic rings. The first kappa shape index (κ1) is 12.3. The molecule has 0 bridgehead atoms. The van der Waals surface area contributed by atoms with Gasteiger partial charge < -0.3 is 5.32 Å². The average Bonchev–Trinajstić information content (AvgIpc) is 2.19. The van der Waals surface area contributed by atoms with Crippen molar-refractivity contribution in [2.75, 3.05) is 5.32 Å². The number of nitriles is 1. The SMILES string of the molecule is N#CC(=O)Nc1ccc(Cl)cc1C(F)(F)F. The van der Waals surface area contributed by atoms with Crippen molar-refractivity contribution in [3.8, 4) is 6.07 Å². The molecule has 0 spiro atoms. The Morgan fingerprint density at radius 1 is 1.44 bits per heavy atom. The molecule has 0 saturated carbocycles. The quantitative estimate of drug-likeness (QED) is 0.777. The molecule has 0 aromatic heterocycles. The molecule has 0 saturated heterocycles. The summed E-state index contributed by atoms with van der Waals surface area (Å²) in [5.74, 6) is -1.17. The van der Waals surface area contributed by atoms with Crippen molar-refractivity contribution in [3.05, 3.63) is 28.8 Å². The van der Waals surface area contributed by atoms with Gasteiger partial charge in [0.15, 0.2) is 6.07 Å². The first-order valence-corrected chi connectivity index (χ1v) is 4.30. The second-order valence-electron chi connectivity index (χ2n) is 2.75. The second kappa shape index (κ2) is 4.41. The molecule has 1 aromatic carbocycles. The van der Waals surface area contributed by atoms with Crippen LogP contribution in [0.5, 0.6) is 0 Å². The van der Waals surface area contributed by atoms with E-state index in [-0.39, 0.29) is 5.02 Å². The Morgan fingerprint density at radius 2 is 2.06 bits per heavy atom. The van der Waals surface area contributed by atoms with Crippen LogP contribution in [0.25, 0.3) is 0 Å². The highest BCUT2D eigenvalue weighted by Gasteiger charge is 2.34. The summed E-state index contributed by atoms with van der Waals surface area (Å²) in [4.78, 5) is 10.7. The van der Waals surface area contributed by atoms with Gasteiger partial charge in [0.25, 0.3) is 0 Å². The Labute approximate surface area is 93.4 Å². The summed E-state index contributed by atoms with van der Waals surface area (Å²) in [5, 5.41) is 9.88. The van der Waals surface area contributed by atoms with Crippen LogP contribution < -0.4 is 5.32 Å². The number of nitrogens with zero attached hydrogens (tertiary/aromatic N) is 1. The normalized spacial score (nSPS) is 10.7. The lowest BCUT2D eigenvalue weighted by atomic mass is 10.1. The van der Waals surface area contributed by atoms with Crippen molar-refractivity contribution in [2.24, 2.45) is 0 Å². The maximum Gasteiger partial charge on any atom is 0.418 e. The number of alkyl halides is 3. The van der Waals surface area contributed by atoms with E-state index in [2.05, 4.69) is 0 Å². The van der Waals surface area contributed by atoms with Gasteiger partial charge in [0.2, 0.25) is 0 Å². The van der Waals surface area contributed by atoms with Gasteiger partial charge in [-0.2, -0.15) is 18.4 Å². The van der Waals surface area contributed by atoms with E-state index in [9.17, 15) is 18.0 Å². The standard InChI is InChI=1S/C9H4ClF3N2O/c10-5-1-2-7(15-8(16)4-14)6(3-5)9(11,12)13/h1-3H,(H,15,16). The molecule has 0 aliphatic carbocycles. The highest BCUT2D eigenvalue weighted by Crippen LogP contribution is 2.36. The van der Waals surface area contributed by atoms with Gasteiger partial charge in [-0.1, -0.05) is 11.6 Å². The van der Waals surface area contributed by atoms with Crippen molar-refractivity contribution in [3.63, 3.8) is 0 Å². The molecular formula is C9H4ClF3N2O. The fourth-order valence-corrected chi connectivity index (χ4v) is 1.18.